The van der Waals surface area contributed by atoms with Gasteiger partial charge in [0.05, 0.1) is 23.6 Å². The minimum atomic E-state index is 0.587. The summed E-state index contributed by atoms with van der Waals surface area (Å²) in [5.74, 6) is 1.35. The van der Waals surface area contributed by atoms with Gasteiger partial charge < -0.3 is 10.1 Å². The number of anilines is 2. The molecule has 0 aliphatic heterocycles. The fourth-order valence-corrected chi connectivity index (χ4v) is 1.69. The summed E-state index contributed by atoms with van der Waals surface area (Å²) in [5.41, 5.74) is 2.75. The van der Waals surface area contributed by atoms with Crippen LogP contribution in [-0.4, -0.2) is 26.4 Å². The third kappa shape index (κ3) is 2.42. The molecule has 18 heavy (non-hydrogen) atoms. The quantitative estimate of drug-likeness (QED) is 0.894. The van der Waals surface area contributed by atoms with E-state index in [1.807, 2.05) is 34.0 Å². The Labute approximate surface area is 106 Å². The second-order valence-electron chi connectivity index (χ2n) is 4.01. The number of nitrogens with zero attached hydrogens (tertiary/aromatic N) is 4. The van der Waals surface area contributed by atoms with E-state index in [0.29, 0.717) is 12.5 Å². The van der Waals surface area contributed by atoms with Crippen molar-refractivity contribution in [2.24, 2.45) is 7.05 Å². The smallest absolute Gasteiger partial charge is 0.221 e. The van der Waals surface area contributed by atoms with Gasteiger partial charge in [0.2, 0.25) is 5.88 Å². The molecule has 2 aromatic heterocycles. The molecule has 0 aliphatic rings. The van der Waals surface area contributed by atoms with Crippen LogP contribution in [0.1, 0.15) is 18.2 Å². The van der Waals surface area contributed by atoms with E-state index < -0.39 is 0 Å². The third-order valence-corrected chi connectivity index (χ3v) is 2.59. The summed E-state index contributed by atoms with van der Waals surface area (Å²) in [5, 5.41) is 7.52. The molecule has 6 heteroatoms. The molecular weight excluding hydrogens is 230 g/mol. The van der Waals surface area contributed by atoms with Crippen LogP contribution in [0.3, 0.4) is 0 Å². The van der Waals surface area contributed by atoms with Gasteiger partial charge in [-0.05, 0) is 20.8 Å². The Hall–Kier alpha value is -2.11. The maximum absolute atomic E-state index is 5.44. The molecule has 0 spiro atoms. The van der Waals surface area contributed by atoms with E-state index in [9.17, 15) is 0 Å². The molecule has 0 bridgehead atoms. The van der Waals surface area contributed by atoms with Gasteiger partial charge in [0.1, 0.15) is 12.1 Å². The fraction of sp³-hybridized carbons (Fsp3) is 0.417. The number of hydrogen-bond donors (Lipinski definition) is 1. The second-order valence-corrected chi connectivity index (χ2v) is 4.01. The Morgan fingerprint density at radius 1 is 1.33 bits per heavy atom. The molecule has 2 rings (SSSR count). The van der Waals surface area contributed by atoms with Gasteiger partial charge in [-0.1, -0.05) is 0 Å². The van der Waals surface area contributed by atoms with Crippen molar-refractivity contribution in [2.75, 3.05) is 11.9 Å². The lowest BCUT2D eigenvalue weighted by Crippen LogP contribution is -2.02. The van der Waals surface area contributed by atoms with Gasteiger partial charge in [-0.15, -0.1) is 0 Å². The van der Waals surface area contributed by atoms with Crippen molar-refractivity contribution in [1.82, 2.24) is 19.7 Å². The van der Waals surface area contributed by atoms with E-state index in [1.165, 1.54) is 6.33 Å². The molecule has 0 aromatic carbocycles. The van der Waals surface area contributed by atoms with Crippen molar-refractivity contribution in [3.63, 3.8) is 0 Å². The van der Waals surface area contributed by atoms with E-state index >= 15 is 0 Å². The SMILES string of the molecule is CCOc1ncnc(Nc2cn(C)nc2C)c1C. The van der Waals surface area contributed by atoms with E-state index in [0.717, 1.165) is 22.8 Å². The van der Waals surface area contributed by atoms with E-state index in [4.69, 9.17) is 4.74 Å². The molecule has 2 heterocycles. The van der Waals surface area contributed by atoms with Crippen LogP contribution >= 0.6 is 0 Å². The normalized spacial score (nSPS) is 10.4. The van der Waals surface area contributed by atoms with Gasteiger partial charge in [0, 0.05) is 13.2 Å². The number of ether oxygens (including phenoxy) is 1. The zero-order valence-electron chi connectivity index (χ0n) is 11.1. The molecule has 0 saturated heterocycles. The number of hydrogen-bond acceptors (Lipinski definition) is 5. The number of rotatable bonds is 4. The molecule has 6 nitrogen and oxygen atoms in total. The summed E-state index contributed by atoms with van der Waals surface area (Å²) in [4.78, 5) is 8.33. The Morgan fingerprint density at radius 3 is 2.72 bits per heavy atom. The summed E-state index contributed by atoms with van der Waals surface area (Å²) in [7, 11) is 1.89. The second kappa shape index (κ2) is 5.03. The van der Waals surface area contributed by atoms with Crippen LogP contribution < -0.4 is 10.1 Å². The van der Waals surface area contributed by atoms with Crippen LogP contribution in [0.5, 0.6) is 5.88 Å². The van der Waals surface area contributed by atoms with Crippen LogP contribution in [0, 0.1) is 13.8 Å². The first-order valence-corrected chi connectivity index (χ1v) is 5.83. The molecule has 0 aliphatic carbocycles. The minimum Gasteiger partial charge on any atom is -0.478 e. The van der Waals surface area contributed by atoms with Crippen LogP contribution in [0.25, 0.3) is 0 Å². The highest BCUT2D eigenvalue weighted by molar-refractivity contribution is 5.61. The maximum atomic E-state index is 5.44. The van der Waals surface area contributed by atoms with Crippen molar-refractivity contribution in [1.29, 1.82) is 0 Å². The van der Waals surface area contributed by atoms with Crippen LogP contribution in [0.4, 0.5) is 11.5 Å². The molecule has 0 unspecified atom stereocenters. The van der Waals surface area contributed by atoms with Crippen molar-refractivity contribution < 1.29 is 4.74 Å². The van der Waals surface area contributed by atoms with Crippen molar-refractivity contribution >= 4 is 11.5 Å². The molecule has 96 valence electrons. The van der Waals surface area contributed by atoms with Gasteiger partial charge in [-0.2, -0.15) is 5.10 Å². The molecule has 1 N–H and O–H groups in total. The molecule has 0 fully saturated rings. The predicted octanol–water partition coefficient (Wildman–Crippen LogP) is 1.97. The van der Waals surface area contributed by atoms with Crippen LogP contribution in [0.15, 0.2) is 12.5 Å². The van der Waals surface area contributed by atoms with Crippen LogP contribution in [-0.2, 0) is 7.05 Å². The molecule has 2 aromatic rings. The summed E-state index contributed by atoms with van der Waals surface area (Å²) in [6, 6.07) is 0. The maximum Gasteiger partial charge on any atom is 0.221 e. The largest absolute Gasteiger partial charge is 0.478 e. The van der Waals surface area contributed by atoms with Crippen molar-refractivity contribution in [3.8, 4) is 5.88 Å². The highest BCUT2D eigenvalue weighted by Crippen LogP contribution is 2.24. The Kier molecular flexibility index (Phi) is 3.45. The van der Waals surface area contributed by atoms with E-state index in [2.05, 4.69) is 20.4 Å². The van der Waals surface area contributed by atoms with Gasteiger partial charge in [0.15, 0.2) is 0 Å². The first-order chi connectivity index (χ1) is 8.61. The zero-order chi connectivity index (χ0) is 13.1. The van der Waals surface area contributed by atoms with E-state index in [-0.39, 0.29) is 0 Å². The van der Waals surface area contributed by atoms with Gasteiger partial charge in [-0.3, -0.25) is 4.68 Å². The van der Waals surface area contributed by atoms with Gasteiger partial charge in [-0.25, -0.2) is 9.97 Å². The lowest BCUT2D eigenvalue weighted by Gasteiger charge is -2.10. The Morgan fingerprint density at radius 2 is 2.11 bits per heavy atom. The zero-order valence-corrected chi connectivity index (χ0v) is 11.1. The van der Waals surface area contributed by atoms with Crippen molar-refractivity contribution in [3.05, 3.63) is 23.8 Å². The lowest BCUT2D eigenvalue weighted by atomic mass is 10.3. The standard InChI is InChI=1S/C12H17N5O/c1-5-18-12-8(2)11(13-7-14-12)15-10-6-17(4)16-9(10)3/h6-7H,5H2,1-4H3,(H,13,14,15). The van der Waals surface area contributed by atoms with E-state index in [1.54, 1.807) is 4.68 Å². The average molecular weight is 247 g/mol. The first kappa shape index (κ1) is 12.3. The van der Waals surface area contributed by atoms with Gasteiger partial charge >= 0.3 is 0 Å². The fourth-order valence-electron chi connectivity index (χ4n) is 1.69. The molecule has 0 amide bonds. The summed E-state index contributed by atoms with van der Waals surface area (Å²) < 4.78 is 7.20. The third-order valence-electron chi connectivity index (χ3n) is 2.59. The number of aromatic nitrogens is 4. The molecule has 0 atom stereocenters. The lowest BCUT2D eigenvalue weighted by molar-refractivity contribution is 0.324. The molecular formula is C12H17N5O. The summed E-state index contributed by atoms with van der Waals surface area (Å²) >= 11 is 0. The molecule has 0 radical (unpaired) electrons. The Balaban J connectivity index is 2.29. The van der Waals surface area contributed by atoms with Crippen LogP contribution in [0.2, 0.25) is 0 Å². The van der Waals surface area contributed by atoms with Gasteiger partial charge in [0.25, 0.3) is 0 Å². The summed E-state index contributed by atoms with van der Waals surface area (Å²) in [6.45, 7) is 6.39. The number of aryl methyl sites for hydroxylation is 2. The molecule has 0 saturated carbocycles. The van der Waals surface area contributed by atoms with Crippen molar-refractivity contribution in [2.45, 2.75) is 20.8 Å². The highest BCUT2D eigenvalue weighted by atomic mass is 16.5. The Bertz CT molecular complexity index is 549. The highest BCUT2D eigenvalue weighted by Gasteiger charge is 2.10. The monoisotopic (exact) mass is 247 g/mol. The predicted molar refractivity (Wildman–Crippen MR) is 69.2 cm³/mol. The minimum absolute atomic E-state index is 0.587. The topological polar surface area (TPSA) is 64.9 Å². The summed E-state index contributed by atoms with van der Waals surface area (Å²) in [6.07, 6.45) is 3.41. The number of nitrogens with one attached hydrogen (secondary N) is 1. The average Bonchev–Trinajstić information content (AvgIpc) is 2.63. The first-order valence-electron chi connectivity index (χ1n) is 5.83.